The van der Waals surface area contributed by atoms with E-state index in [4.69, 9.17) is 18.0 Å². The highest BCUT2D eigenvalue weighted by atomic mass is 32.1. The number of likely N-dealkylation sites (N-methyl/N-ethyl adjacent to an activating group) is 1. The van der Waals surface area contributed by atoms with Gasteiger partial charge in [-0.25, -0.2) is 4.39 Å². The standard InChI is InChI=1S/C14H20FN3OS/c1-4-18(5-2)14(19)9(3)17-10-6-7-11(13(16)20)12(15)8-10/h6-9,17H,4-5H2,1-3H3,(H2,16,20). The average molecular weight is 297 g/mol. The molecule has 0 spiro atoms. The summed E-state index contributed by atoms with van der Waals surface area (Å²) in [7, 11) is 0. The van der Waals surface area contributed by atoms with Gasteiger partial charge in [-0.15, -0.1) is 0 Å². The van der Waals surface area contributed by atoms with E-state index in [1.807, 2.05) is 13.8 Å². The van der Waals surface area contributed by atoms with Gasteiger partial charge in [0.1, 0.15) is 16.8 Å². The lowest BCUT2D eigenvalue weighted by Crippen LogP contribution is -2.41. The average Bonchev–Trinajstić information content (AvgIpc) is 2.39. The van der Waals surface area contributed by atoms with E-state index < -0.39 is 11.9 Å². The summed E-state index contributed by atoms with van der Waals surface area (Å²) in [5.74, 6) is -0.515. The first-order valence-corrected chi connectivity index (χ1v) is 6.96. The second kappa shape index (κ2) is 7.19. The van der Waals surface area contributed by atoms with Gasteiger partial charge in [0.15, 0.2) is 0 Å². The van der Waals surface area contributed by atoms with Crippen LogP contribution < -0.4 is 11.1 Å². The predicted molar refractivity (Wildman–Crippen MR) is 83.3 cm³/mol. The number of nitrogens with one attached hydrogen (secondary N) is 1. The van der Waals surface area contributed by atoms with Crippen LogP contribution in [-0.4, -0.2) is 34.9 Å². The Morgan fingerprint density at radius 3 is 2.50 bits per heavy atom. The molecule has 0 heterocycles. The topological polar surface area (TPSA) is 58.4 Å². The largest absolute Gasteiger partial charge is 0.389 e. The first-order valence-electron chi connectivity index (χ1n) is 6.55. The Morgan fingerprint density at radius 2 is 2.05 bits per heavy atom. The maximum atomic E-state index is 13.7. The summed E-state index contributed by atoms with van der Waals surface area (Å²) in [5.41, 5.74) is 6.13. The van der Waals surface area contributed by atoms with Crippen LogP contribution in [0.15, 0.2) is 18.2 Å². The summed E-state index contributed by atoms with van der Waals surface area (Å²) in [6, 6.07) is 4.03. The number of hydrogen-bond donors (Lipinski definition) is 2. The molecule has 0 fully saturated rings. The van der Waals surface area contributed by atoms with Crippen LogP contribution in [0.4, 0.5) is 10.1 Å². The summed E-state index contributed by atoms with van der Waals surface area (Å²) in [4.78, 5) is 13.8. The normalized spacial score (nSPS) is 11.8. The molecule has 0 aromatic heterocycles. The number of hydrogen-bond acceptors (Lipinski definition) is 3. The van der Waals surface area contributed by atoms with Crippen molar-refractivity contribution >= 4 is 28.8 Å². The van der Waals surface area contributed by atoms with E-state index in [-0.39, 0.29) is 16.5 Å². The quantitative estimate of drug-likeness (QED) is 0.790. The van der Waals surface area contributed by atoms with E-state index in [0.717, 1.165) is 0 Å². The third kappa shape index (κ3) is 3.90. The molecule has 1 atom stereocenters. The van der Waals surface area contributed by atoms with E-state index in [1.54, 1.807) is 17.9 Å². The van der Waals surface area contributed by atoms with Crippen molar-refractivity contribution in [3.63, 3.8) is 0 Å². The lowest BCUT2D eigenvalue weighted by atomic mass is 10.1. The van der Waals surface area contributed by atoms with Crippen molar-refractivity contribution in [2.45, 2.75) is 26.8 Å². The molecule has 1 aromatic carbocycles. The molecule has 1 aromatic rings. The maximum absolute atomic E-state index is 13.7. The molecular weight excluding hydrogens is 277 g/mol. The minimum absolute atomic E-state index is 0.0151. The number of nitrogens with zero attached hydrogens (tertiary/aromatic N) is 1. The monoisotopic (exact) mass is 297 g/mol. The molecule has 3 N–H and O–H groups in total. The molecular formula is C14H20FN3OS. The number of rotatable bonds is 6. The van der Waals surface area contributed by atoms with Crippen LogP contribution >= 0.6 is 12.2 Å². The fraction of sp³-hybridized carbons (Fsp3) is 0.429. The molecule has 0 aliphatic heterocycles. The molecule has 0 aliphatic rings. The predicted octanol–water partition coefficient (Wildman–Crippen LogP) is 2.13. The summed E-state index contributed by atoms with van der Waals surface area (Å²) in [6.45, 7) is 6.89. The van der Waals surface area contributed by atoms with Gasteiger partial charge in [0.05, 0.1) is 0 Å². The van der Waals surface area contributed by atoms with Crippen molar-refractivity contribution in [1.29, 1.82) is 0 Å². The minimum atomic E-state index is -0.495. The van der Waals surface area contributed by atoms with E-state index in [0.29, 0.717) is 18.8 Å². The van der Waals surface area contributed by atoms with E-state index in [1.165, 1.54) is 12.1 Å². The number of carbonyl (C=O) groups is 1. The Hall–Kier alpha value is -1.69. The second-order valence-electron chi connectivity index (χ2n) is 4.44. The highest BCUT2D eigenvalue weighted by Crippen LogP contribution is 2.16. The second-order valence-corrected chi connectivity index (χ2v) is 4.88. The molecule has 0 aliphatic carbocycles. The number of nitrogens with two attached hydrogens (primary N) is 1. The molecule has 4 nitrogen and oxygen atoms in total. The fourth-order valence-electron chi connectivity index (χ4n) is 1.93. The number of thiocarbonyl (C=S) groups is 1. The van der Waals surface area contributed by atoms with Crippen molar-refractivity contribution in [2.24, 2.45) is 5.73 Å². The third-order valence-electron chi connectivity index (χ3n) is 3.06. The molecule has 1 unspecified atom stereocenters. The van der Waals surface area contributed by atoms with Crippen molar-refractivity contribution in [2.75, 3.05) is 18.4 Å². The molecule has 0 bridgehead atoms. The van der Waals surface area contributed by atoms with Crippen LogP contribution in [0.2, 0.25) is 0 Å². The smallest absolute Gasteiger partial charge is 0.244 e. The lowest BCUT2D eigenvalue weighted by Gasteiger charge is -2.24. The van der Waals surface area contributed by atoms with Crippen LogP contribution in [0.3, 0.4) is 0 Å². The molecule has 20 heavy (non-hydrogen) atoms. The van der Waals surface area contributed by atoms with Gasteiger partial charge in [-0.3, -0.25) is 4.79 Å². The molecule has 6 heteroatoms. The highest BCUT2D eigenvalue weighted by molar-refractivity contribution is 7.80. The van der Waals surface area contributed by atoms with Crippen molar-refractivity contribution in [3.8, 4) is 0 Å². The number of amides is 1. The van der Waals surface area contributed by atoms with Gasteiger partial charge in [0.2, 0.25) is 5.91 Å². The Morgan fingerprint density at radius 1 is 1.45 bits per heavy atom. The van der Waals surface area contributed by atoms with Crippen molar-refractivity contribution < 1.29 is 9.18 Å². The van der Waals surface area contributed by atoms with E-state index in [2.05, 4.69) is 5.32 Å². The third-order valence-corrected chi connectivity index (χ3v) is 3.28. The van der Waals surface area contributed by atoms with Gasteiger partial charge in [0, 0.05) is 24.3 Å². The Balaban J connectivity index is 2.81. The van der Waals surface area contributed by atoms with Gasteiger partial charge >= 0.3 is 0 Å². The molecule has 0 radical (unpaired) electrons. The Kier molecular flexibility index (Phi) is 5.88. The minimum Gasteiger partial charge on any atom is -0.389 e. The summed E-state index contributed by atoms with van der Waals surface area (Å²) >= 11 is 4.74. The molecule has 1 rings (SSSR count). The zero-order chi connectivity index (χ0) is 15.3. The summed E-state index contributed by atoms with van der Waals surface area (Å²) in [5, 5.41) is 2.98. The van der Waals surface area contributed by atoms with Gasteiger partial charge in [0.25, 0.3) is 0 Å². The van der Waals surface area contributed by atoms with Crippen molar-refractivity contribution in [3.05, 3.63) is 29.6 Å². The lowest BCUT2D eigenvalue weighted by molar-refractivity contribution is -0.131. The summed E-state index contributed by atoms with van der Waals surface area (Å²) in [6.07, 6.45) is 0. The number of anilines is 1. The van der Waals surface area contributed by atoms with E-state index >= 15 is 0 Å². The Bertz CT molecular complexity index is 503. The van der Waals surface area contributed by atoms with Gasteiger partial charge in [-0.05, 0) is 39.0 Å². The highest BCUT2D eigenvalue weighted by Gasteiger charge is 2.18. The molecule has 1 amide bonds. The number of carbonyl (C=O) groups excluding carboxylic acids is 1. The van der Waals surface area contributed by atoms with Crippen LogP contribution in [0.1, 0.15) is 26.3 Å². The molecule has 0 saturated carbocycles. The van der Waals surface area contributed by atoms with Crippen molar-refractivity contribution in [1.82, 2.24) is 4.90 Å². The van der Waals surface area contributed by atoms with E-state index in [9.17, 15) is 9.18 Å². The van der Waals surface area contributed by atoms with Gasteiger partial charge < -0.3 is 16.0 Å². The zero-order valence-electron chi connectivity index (χ0n) is 11.9. The van der Waals surface area contributed by atoms with Crippen LogP contribution in [0.25, 0.3) is 0 Å². The first kappa shape index (κ1) is 16.4. The molecule has 0 saturated heterocycles. The van der Waals surface area contributed by atoms with Crippen LogP contribution in [0, 0.1) is 5.82 Å². The SMILES string of the molecule is CCN(CC)C(=O)C(C)Nc1ccc(C(N)=S)c(F)c1. The van der Waals surface area contributed by atoms with Crippen LogP contribution in [0.5, 0.6) is 0 Å². The number of benzene rings is 1. The molecule has 110 valence electrons. The zero-order valence-corrected chi connectivity index (χ0v) is 12.8. The van der Waals surface area contributed by atoms with Crippen LogP contribution in [-0.2, 0) is 4.79 Å². The van der Waals surface area contributed by atoms with Gasteiger partial charge in [-0.2, -0.15) is 0 Å². The first-order chi connectivity index (χ1) is 9.40. The number of halogens is 1. The van der Waals surface area contributed by atoms with Gasteiger partial charge in [-0.1, -0.05) is 12.2 Å². The maximum Gasteiger partial charge on any atom is 0.244 e. The Labute approximate surface area is 124 Å². The fourth-order valence-corrected chi connectivity index (χ4v) is 2.09. The summed E-state index contributed by atoms with van der Waals surface area (Å²) < 4.78 is 13.7.